The molecule has 4 rings (SSSR count). The molecule has 1 heterocycles. The molecule has 3 heteroatoms. The summed E-state index contributed by atoms with van der Waals surface area (Å²) in [4.78, 5) is 12.9. The lowest BCUT2D eigenvalue weighted by molar-refractivity contribution is -0.118. The monoisotopic (exact) mass is 302 g/mol. The number of para-hydroxylation sites is 1. The molecule has 2 aromatic carbocycles. The van der Waals surface area contributed by atoms with Gasteiger partial charge in [0.15, 0.2) is 0 Å². The first-order chi connectivity index (χ1) is 11.1. The van der Waals surface area contributed by atoms with E-state index in [2.05, 4.69) is 31.3 Å². The van der Waals surface area contributed by atoms with Crippen LogP contribution in [0.15, 0.2) is 48.5 Å². The number of rotatable bonds is 2. The molecule has 2 atom stereocenters. The summed E-state index contributed by atoms with van der Waals surface area (Å²) in [5.74, 6) is 0.434. The van der Waals surface area contributed by atoms with E-state index in [1.807, 2.05) is 42.5 Å². The van der Waals surface area contributed by atoms with Crippen molar-refractivity contribution in [2.24, 2.45) is 5.92 Å². The molecule has 2 aromatic rings. The van der Waals surface area contributed by atoms with E-state index in [9.17, 15) is 4.79 Å². The van der Waals surface area contributed by atoms with Crippen LogP contribution in [0.1, 0.15) is 37.0 Å². The Bertz CT molecular complexity index is 847. The molecule has 2 aliphatic rings. The number of hydrogen-bond acceptors (Lipinski definition) is 2. The van der Waals surface area contributed by atoms with Gasteiger partial charge in [-0.25, -0.2) is 0 Å². The number of anilines is 1. The van der Waals surface area contributed by atoms with Crippen LogP contribution in [0.5, 0.6) is 0 Å². The Morgan fingerprint density at radius 3 is 2.48 bits per heavy atom. The Hall–Kier alpha value is -2.60. The molecule has 3 nitrogen and oxygen atoms in total. The summed E-state index contributed by atoms with van der Waals surface area (Å²) in [5, 5.41) is 12.1. The summed E-state index contributed by atoms with van der Waals surface area (Å²) in [6.45, 7) is 4.36. The molecule has 1 fully saturated rings. The standard InChI is InChI=1S/C20H18N2O/c1-13(2)19(15-9-7-14(11-21)8-10-15)12-20(19)16-5-3-4-6-17(16)22-18(20)23/h3-10,13H,12H2,1-2H3,(H,22,23)/t19-,20-/m0/s1. The van der Waals surface area contributed by atoms with Crippen molar-refractivity contribution in [1.29, 1.82) is 5.26 Å². The molecule has 1 amide bonds. The number of benzene rings is 2. The van der Waals surface area contributed by atoms with E-state index in [-0.39, 0.29) is 11.3 Å². The fourth-order valence-electron chi connectivity index (χ4n) is 4.53. The van der Waals surface area contributed by atoms with E-state index in [1.165, 1.54) is 0 Å². The zero-order valence-electron chi connectivity index (χ0n) is 13.3. The van der Waals surface area contributed by atoms with Gasteiger partial charge in [0, 0.05) is 11.1 Å². The minimum absolute atomic E-state index is 0.108. The highest BCUT2D eigenvalue weighted by atomic mass is 16.2. The van der Waals surface area contributed by atoms with E-state index < -0.39 is 5.41 Å². The second-order valence-corrected chi connectivity index (χ2v) is 6.90. The van der Waals surface area contributed by atoms with Crippen molar-refractivity contribution >= 4 is 11.6 Å². The molecular weight excluding hydrogens is 284 g/mol. The molecular formula is C20H18N2O. The van der Waals surface area contributed by atoms with Crippen LogP contribution in [0.2, 0.25) is 0 Å². The summed E-state index contributed by atoms with van der Waals surface area (Å²) in [6.07, 6.45) is 0.826. The van der Waals surface area contributed by atoms with Crippen molar-refractivity contribution in [2.45, 2.75) is 31.1 Å². The second-order valence-electron chi connectivity index (χ2n) is 6.90. The quantitative estimate of drug-likeness (QED) is 0.918. The number of amides is 1. The van der Waals surface area contributed by atoms with Gasteiger partial charge in [0.25, 0.3) is 0 Å². The SMILES string of the molecule is CC(C)[C@]1(c2ccc(C#N)cc2)C[C@]12C(=O)Nc1ccccc12. The molecule has 23 heavy (non-hydrogen) atoms. The second kappa shape index (κ2) is 4.45. The molecule has 1 aliphatic carbocycles. The average Bonchev–Trinajstić information content (AvgIpc) is 3.20. The first-order valence-electron chi connectivity index (χ1n) is 7.98. The molecule has 1 aliphatic heterocycles. The number of nitrogens with one attached hydrogen (secondary N) is 1. The normalized spacial score (nSPS) is 27.7. The molecule has 1 spiro atoms. The summed E-state index contributed by atoms with van der Waals surface area (Å²) in [5.41, 5.74) is 3.19. The predicted octanol–water partition coefficient (Wildman–Crippen LogP) is 3.75. The Kier molecular flexibility index (Phi) is 2.72. The van der Waals surface area contributed by atoms with Crippen LogP contribution in [0.4, 0.5) is 5.69 Å². The van der Waals surface area contributed by atoms with Crippen molar-refractivity contribution in [3.05, 3.63) is 65.2 Å². The van der Waals surface area contributed by atoms with Gasteiger partial charge in [0.1, 0.15) is 0 Å². The third-order valence-corrected chi connectivity index (χ3v) is 5.72. The highest BCUT2D eigenvalue weighted by molar-refractivity contribution is 6.10. The van der Waals surface area contributed by atoms with E-state index in [0.717, 1.165) is 23.2 Å². The first kappa shape index (κ1) is 14.0. The number of fused-ring (bicyclic) bond motifs is 2. The Balaban J connectivity index is 1.89. The van der Waals surface area contributed by atoms with Crippen LogP contribution in [-0.4, -0.2) is 5.91 Å². The molecule has 114 valence electrons. The molecule has 0 aromatic heterocycles. The zero-order valence-corrected chi connectivity index (χ0v) is 13.3. The van der Waals surface area contributed by atoms with Gasteiger partial charge in [-0.15, -0.1) is 0 Å². The van der Waals surface area contributed by atoms with Gasteiger partial charge >= 0.3 is 0 Å². The van der Waals surface area contributed by atoms with Crippen molar-refractivity contribution in [3.8, 4) is 6.07 Å². The smallest absolute Gasteiger partial charge is 0.236 e. The van der Waals surface area contributed by atoms with Crippen molar-refractivity contribution in [3.63, 3.8) is 0 Å². The summed E-state index contributed by atoms with van der Waals surface area (Å²) in [7, 11) is 0. The van der Waals surface area contributed by atoms with Gasteiger partial charge in [-0.3, -0.25) is 4.79 Å². The molecule has 0 saturated heterocycles. The zero-order chi connectivity index (χ0) is 16.2. The highest BCUT2D eigenvalue weighted by Gasteiger charge is 2.76. The third-order valence-electron chi connectivity index (χ3n) is 5.72. The largest absolute Gasteiger partial charge is 0.325 e. The lowest BCUT2D eigenvalue weighted by Crippen LogP contribution is -2.33. The lowest BCUT2D eigenvalue weighted by atomic mass is 9.75. The maximum Gasteiger partial charge on any atom is 0.236 e. The summed E-state index contributed by atoms with van der Waals surface area (Å²) < 4.78 is 0. The van der Waals surface area contributed by atoms with Gasteiger partial charge in [-0.05, 0) is 41.7 Å². The van der Waals surface area contributed by atoms with Crippen LogP contribution in [-0.2, 0) is 15.6 Å². The first-order valence-corrected chi connectivity index (χ1v) is 7.98. The van der Waals surface area contributed by atoms with Crippen LogP contribution in [0.3, 0.4) is 0 Å². The number of carbonyl (C=O) groups excluding carboxylic acids is 1. The fraction of sp³-hybridized carbons (Fsp3) is 0.300. The maximum absolute atomic E-state index is 12.9. The summed E-state index contributed by atoms with van der Waals surface area (Å²) >= 11 is 0. The van der Waals surface area contributed by atoms with Gasteiger partial charge in [0.05, 0.1) is 17.0 Å². The van der Waals surface area contributed by atoms with Crippen LogP contribution < -0.4 is 5.32 Å². The number of hydrogen-bond donors (Lipinski definition) is 1. The number of nitrogens with zero attached hydrogens (tertiary/aromatic N) is 1. The van der Waals surface area contributed by atoms with Crippen molar-refractivity contribution < 1.29 is 4.79 Å². The number of nitriles is 1. The molecule has 0 unspecified atom stereocenters. The van der Waals surface area contributed by atoms with Crippen LogP contribution in [0.25, 0.3) is 0 Å². The van der Waals surface area contributed by atoms with E-state index in [4.69, 9.17) is 5.26 Å². The Labute approximate surface area is 136 Å². The lowest BCUT2D eigenvalue weighted by Gasteiger charge is -2.26. The minimum atomic E-state index is -0.466. The summed E-state index contributed by atoms with van der Waals surface area (Å²) in [6, 6.07) is 17.9. The van der Waals surface area contributed by atoms with Crippen molar-refractivity contribution in [2.75, 3.05) is 5.32 Å². The maximum atomic E-state index is 12.9. The van der Waals surface area contributed by atoms with Gasteiger partial charge in [-0.2, -0.15) is 5.26 Å². The Morgan fingerprint density at radius 1 is 1.13 bits per heavy atom. The molecule has 1 N–H and O–H groups in total. The Morgan fingerprint density at radius 2 is 1.83 bits per heavy atom. The molecule has 0 radical (unpaired) electrons. The number of carbonyl (C=O) groups is 1. The third kappa shape index (κ3) is 1.56. The van der Waals surface area contributed by atoms with Gasteiger partial charge in [-0.1, -0.05) is 44.2 Å². The van der Waals surface area contributed by atoms with Gasteiger partial charge < -0.3 is 5.32 Å². The minimum Gasteiger partial charge on any atom is -0.325 e. The van der Waals surface area contributed by atoms with Gasteiger partial charge in [0.2, 0.25) is 5.91 Å². The fourth-order valence-corrected chi connectivity index (χ4v) is 4.53. The topological polar surface area (TPSA) is 52.9 Å². The van der Waals surface area contributed by atoms with Crippen LogP contribution in [0, 0.1) is 17.2 Å². The van der Waals surface area contributed by atoms with E-state index >= 15 is 0 Å². The molecule has 0 bridgehead atoms. The van der Waals surface area contributed by atoms with E-state index in [0.29, 0.717) is 11.5 Å². The van der Waals surface area contributed by atoms with Crippen molar-refractivity contribution in [1.82, 2.24) is 0 Å². The average molecular weight is 302 g/mol. The predicted molar refractivity (Wildman–Crippen MR) is 89.0 cm³/mol. The van der Waals surface area contributed by atoms with Crippen LogP contribution >= 0.6 is 0 Å². The highest BCUT2D eigenvalue weighted by Crippen LogP contribution is 2.72. The molecule has 1 saturated carbocycles. The van der Waals surface area contributed by atoms with E-state index in [1.54, 1.807) is 0 Å².